The molecule has 0 fully saturated rings. The van der Waals surface area contributed by atoms with Crippen LogP contribution in [0.25, 0.3) is 0 Å². The van der Waals surface area contributed by atoms with Gasteiger partial charge in [-0.3, -0.25) is 14.6 Å². The lowest BCUT2D eigenvalue weighted by Gasteiger charge is -2.21. The van der Waals surface area contributed by atoms with Gasteiger partial charge in [0.2, 0.25) is 6.29 Å². The molecule has 1 amide bonds. The Bertz CT molecular complexity index is 739. The molecule has 0 aliphatic heterocycles. The Balaban J connectivity index is 2.16. The number of nitrogens with zero attached hydrogens (tertiary/aromatic N) is 2. The first kappa shape index (κ1) is 20.4. The molecule has 10 heteroatoms. The van der Waals surface area contributed by atoms with Gasteiger partial charge in [-0.1, -0.05) is 18.2 Å². The van der Waals surface area contributed by atoms with E-state index >= 15 is 0 Å². The van der Waals surface area contributed by atoms with Crippen LogP contribution in [0.15, 0.2) is 42.6 Å². The summed E-state index contributed by atoms with van der Waals surface area (Å²) in [6.45, 7) is -0.430. The third kappa shape index (κ3) is 5.53. The van der Waals surface area contributed by atoms with Crippen molar-refractivity contribution in [2.24, 2.45) is 0 Å². The molecule has 0 bridgehead atoms. The maximum absolute atomic E-state index is 12.6. The molecule has 4 nitrogen and oxygen atoms in total. The molecule has 2 aromatic rings. The largest absolute Gasteiger partial charge is 0.433 e. The van der Waals surface area contributed by atoms with E-state index in [-0.39, 0.29) is 24.9 Å². The Morgan fingerprint density at radius 2 is 1.44 bits per heavy atom. The Morgan fingerprint density at radius 3 is 1.89 bits per heavy atom. The second kappa shape index (κ2) is 7.77. The highest BCUT2D eigenvalue weighted by atomic mass is 19.4. The number of carbonyl (C=O) groups is 2. The molecular formula is C17H12F6N2O2. The van der Waals surface area contributed by atoms with E-state index in [9.17, 15) is 35.9 Å². The summed E-state index contributed by atoms with van der Waals surface area (Å²) in [5, 5.41) is 0. The molecule has 0 aliphatic rings. The fourth-order valence-corrected chi connectivity index (χ4v) is 2.21. The molecule has 1 heterocycles. The molecule has 0 radical (unpaired) electrons. The molecule has 0 saturated heterocycles. The number of amides is 1. The Morgan fingerprint density at radius 1 is 0.889 bits per heavy atom. The maximum atomic E-state index is 12.6. The highest BCUT2D eigenvalue weighted by Gasteiger charge is 2.32. The molecule has 144 valence electrons. The van der Waals surface area contributed by atoms with Crippen LogP contribution in [0.4, 0.5) is 26.3 Å². The average Bonchev–Trinajstić information content (AvgIpc) is 2.60. The van der Waals surface area contributed by atoms with Gasteiger partial charge in [0, 0.05) is 19.3 Å². The summed E-state index contributed by atoms with van der Waals surface area (Å²) in [7, 11) is 0. The summed E-state index contributed by atoms with van der Waals surface area (Å²) in [5.74, 6) is -0.963. The number of rotatable bonds is 5. The van der Waals surface area contributed by atoms with Gasteiger partial charge in [0.25, 0.3) is 5.91 Å². The topological polar surface area (TPSA) is 50.3 Å². The summed E-state index contributed by atoms with van der Waals surface area (Å²) in [5.41, 5.74) is -1.43. The zero-order valence-corrected chi connectivity index (χ0v) is 13.5. The SMILES string of the molecule is O=CC(=O)N(Cc1ccc(C(F)(F)F)cc1)Cc1ccc(C(F)(F)F)nc1. The smallest absolute Gasteiger partial charge is 0.328 e. The van der Waals surface area contributed by atoms with Crippen LogP contribution in [-0.4, -0.2) is 22.1 Å². The van der Waals surface area contributed by atoms with Crippen molar-refractivity contribution in [3.05, 3.63) is 65.0 Å². The van der Waals surface area contributed by atoms with Crippen LogP contribution in [0.1, 0.15) is 22.4 Å². The lowest BCUT2D eigenvalue weighted by Crippen LogP contribution is -2.31. The van der Waals surface area contributed by atoms with Crippen LogP contribution in [0.2, 0.25) is 0 Å². The van der Waals surface area contributed by atoms with Crippen LogP contribution >= 0.6 is 0 Å². The van der Waals surface area contributed by atoms with Crippen LogP contribution in [0.5, 0.6) is 0 Å². The van der Waals surface area contributed by atoms with Crippen molar-refractivity contribution in [2.45, 2.75) is 25.4 Å². The van der Waals surface area contributed by atoms with Gasteiger partial charge in [-0.05, 0) is 29.3 Å². The second-order valence-electron chi connectivity index (χ2n) is 5.56. The first-order valence-corrected chi connectivity index (χ1v) is 7.43. The zero-order chi connectivity index (χ0) is 20.2. The molecule has 0 saturated carbocycles. The standard InChI is InChI=1S/C17H12F6N2O2/c18-16(19,20)13-4-1-11(2-5-13)8-25(15(27)10-26)9-12-3-6-14(24-7-12)17(21,22)23/h1-7,10H,8-9H2. The molecule has 27 heavy (non-hydrogen) atoms. The highest BCUT2D eigenvalue weighted by molar-refractivity contribution is 6.23. The third-order valence-electron chi connectivity index (χ3n) is 3.56. The molecule has 0 aliphatic carbocycles. The van der Waals surface area contributed by atoms with Gasteiger partial charge in [-0.25, -0.2) is 0 Å². The number of aldehydes is 1. The minimum Gasteiger partial charge on any atom is -0.328 e. The fourth-order valence-electron chi connectivity index (χ4n) is 2.21. The van der Waals surface area contributed by atoms with E-state index in [1.807, 2.05) is 0 Å². The van der Waals surface area contributed by atoms with Crippen molar-refractivity contribution in [3.63, 3.8) is 0 Å². The van der Waals surface area contributed by atoms with Crippen LogP contribution < -0.4 is 0 Å². The predicted molar refractivity (Wildman–Crippen MR) is 81.0 cm³/mol. The lowest BCUT2D eigenvalue weighted by atomic mass is 10.1. The lowest BCUT2D eigenvalue weighted by molar-refractivity contribution is -0.141. The van der Waals surface area contributed by atoms with Crippen molar-refractivity contribution in [2.75, 3.05) is 0 Å². The molecule has 0 unspecified atom stereocenters. The van der Waals surface area contributed by atoms with E-state index < -0.39 is 29.5 Å². The van der Waals surface area contributed by atoms with Crippen molar-refractivity contribution < 1.29 is 35.9 Å². The second-order valence-corrected chi connectivity index (χ2v) is 5.56. The van der Waals surface area contributed by atoms with Gasteiger partial charge in [-0.2, -0.15) is 26.3 Å². The van der Waals surface area contributed by atoms with E-state index in [1.165, 1.54) is 0 Å². The van der Waals surface area contributed by atoms with Crippen molar-refractivity contribution in [1.29, 1.82) is 0 Å². The van der Waals surface area contributed by atoms with Gasteiger partial charge >= 0.3 is 12.4 Å². The highest BCUT2D eigenvalue weighted by Crippen LogP contribution is 2.29. The third-order valence-corrected chi connectivity index (χ3v) is 3.56. The van der Waals surface area contributed by atoms with Gasteiger partial charge in [-0.15, -0.1) is 0 Å². The molecule has 1 aromatic carbocycles. The van der Waals surface area contributed by atoms with E-state index in [0.717, 1.165) is 47.5 Å². The first-order chi connectivity index (χ1) is 12.5. The molecule has 1 aromatic heterocycles. The normalized spacial score (nSPS) is 11.9. The minimum absolute atomic E-state index is 0.0155. The van der Waals surface area contributed by atoms with Crippen molar-refractivity contribution >= 4 is 12.2 Å². The minimum atomic E-state index is -4.61. The Hall–Kier alpha value is -2.91. The van der Waals surface area contributed by atoms with Crippen molar-refractivity contribution in [3.8, 4) is 0 Å². The maximum Gasteiger partial charge on any atom is 0.433 e. The van der Waals surface area contributed by atoms with E-state index in [0.29, 0.717) is 5.56 Å². The Kier molecular flexibility index (Phi) is 5.87. The number of carbonyl (C=O) groups excluding carboxylic acids is 2. The van der Waals surface area contributed by atoms with Crippen LogP contribution in [0, 0.1) is 0 Å². The number of hydrogen-bond acceptors (Lipinski definition) is 3. The summed E-state index contributed by atoms with van der Waals surface area (Å²) >= 11 is 0. The number of aromatic nitrogens is 1. The number of pyridine rings is 1. The van der Waals surface area contributed by atoms with Gasteiger partial charge in [0.15, 0.2) is 0 Å². The van der Waals surface area contributed by atoms with E-state index in [2.05, 4.69) is 4.98 Å². The molecule has 0 N–H and O–H groups in total. The summed E-state index contributed by atoms with van der Waals surface area (Å²) in [6.07, 6.45) is -8.19. The van der Waals surface area contributed by atoms with Crippen LogP contribution in [-0.2, 0) is 35.0 Å². The number of benzene rings is 1. The van der Waals surface area contributed by atoms with E-state index in [1.54, 1.807) is 0 Å². The Labute approximate surface area is 149 Å². The molecule has 0 atom stereocenters. The molecule has 0 spiro atoms. The quantitative estimate of drug-likeness (QED) is 0.443. The first-order valence-electron chi connectivity index (χ1n) is 7.43. The molecular weight excluding hydrogens is 378 g/mol. The van der Waals surface area contributed by atoms with E-state index in [4.69, 9.17) is 0 Å². The van der Waals surface area contributed by atoms with Crippen LogP contribution in [0.3, 0.4) is 0 Å². The fraction of sp³-hybridized carbons (Fsp3) is 0.235. The zero-order valence-electron chi connectivity index (χ0n) is 13.5. The predicted octanol–water partition coefficient (Wildman–Crippen LogP) is 3.85. The molecule has 2 rings (SSSR count). The van der Waals surface area contributed by atoms with Gasteiger partial charge in [0.1, 0.15) is 5.69 Å². The number of alkyl halides is 6. The van der Waals surface area contributed by atoms with Crippen molar-refractivity contribution in [1.82, 2.24) is 9.88 Å². The summed E-state index contributed by atoms with van der Waals surface area (Å²) in [6, 6.07) is 5.81. The van der Waals surface area contributed by atoms with Gasteiger partial charge in [0.05, 0.1) is 5.56 Å². The number of hydrogen-bond donors (Lipinski definition) is 0. The monoisotopic (exact) mass is 390 g/mol. The summed E-state index contributed by atoms with van der Waals surface area (Å²) < 4.78 is 75.3. The average molecular weight is 390 g/mol. The van der Waals surface area contributed by atoms with Gasteiger partial charge < -0.3 is 4.90 Å². The number of halogens is 6. The summed E-state index contributed by atoms with van der Waals surface area (Å²) in [4.78, 5) is 26.8.